The number of aromatic nitrogens is 4. The summed E-state index contributed by atoms with van der Waals surface area (Å²) in [6.45, 7) is 2.21. The lowest BCUT2D eigenvalue weighted by Gasteiger charge is -2.22. The van der Waals surface area contributed by atoms with Crippen molar-refractivity contribution in [1.29, 1.82) is 0 Å². The Kier molecular flexibility index (Phi) is 5.58. The van der Waals surface area contributed by atoms with Gasteiger partial charge in [0.15, 0.2) is 0 Å². The molecule has 3 heterocycles. The molecule has 1 amide bonds. The molecular formula is C18H19N5O3S2. The number of fused-ring (bicyclic) bond motifs is 1. The smallest absolute Gasteiger partial charge is 0.349 e. The Morgan fingerprint density at radius 2 is 2.21 bits per heavy atom. The van der Waals surface area contributed by atoms with E-state index >= 15 is 0 Å². The van der Waals surface area contributed by atoms with Gasteiger partial charge < -0.3 is 4.42 Å². The molecule has 0 unspecified atom stereocenters. The molecule has 1 N–H and O–H groups in total. The molecule has 3 aromatic heterocycles. The van der Waals surface area contributed by atoms with Crippen molar-refractivity contribution in [1.82, 2.24) is 19.7 Å². The lowest BCUT2D eigenvalue weighted by atomic mass is 9.97. The molecule has 0 bridgehead atoms. The van der Waals surface area contributed by atoms with Crippen LogP contribution in [0.1, 0.15) is 34.9 Å². The maximum absolute atomic E-state index is 12.7. The SMILES string of the molecule is Cc1nnc(NC(=O)CSc2nc(=O)n(Cc3ccco3)c3c2CCCC3)s1. The highest BCUT2D eigenvalue weighted by atomic mass is 32.2. The second kappa shape index (κ2) is 8.27. The Morgan fingerprint density at radius 1 is 1.36 bits per heavy atom. The molecule has 8 nitrogen and oxygen atoms in total. The average molecular weight is 418 g/mol. The molecule has 0 saturated carbocycles. The van der Waals surface area contributed by atoms with Gasteiger partial charge in [-0.15, -0.1) is 10.2 Å². The molecule has 0 radical (unpaired) electrons. The van der Waals surface area contributed by atoms with Crippen LogP contribution in [0.2, 0.25) is 0 Å². The van der Waals surface area contributed by atoms with E-state index in [1.54, 1.807) is 10.8 Å². The number of rotatable bonds is 6. The molecule has 0 saturated heterocycles. The minimum atomic E-state index is -0.306. The molecule has 1 aliphatic carbocycles. The molecule has 28 heavy (non-hydrogen) atoms. The summed E-state index contributed by atoms with van der Waals surface area (Å²) in [7, 11) is 0. The van der Waals surface area contributed by atoms with Crippen molar-refractivity contribution >= 4 is 34.1 Å². The Balaban J connectivity index is 1.53. The number of nitrogens with one attached hydrogen (secondary N) is 1. The fraction of sp³-hybridized carbons (Fsp3) is 0.389. The van der Waals surface area contributed by atoms with Gasteiger partial charge in [0, 0.05) is 11.3 Å². The quantitative estimate of drug-likeness (QED) is 0.486. The summed E-state index contributed by atoms with van der Waals surface area (Å²) in [5.41, 5.74) is 1.77. The number of hydrogen-bond acceptors (Lipinski definition) is 8. The number of nitrogens with zero attached hydrogens (tertiary/aromatic N) is 4. The fourth-order valence-corrected chi connectivity index (χ4v) is 4.71. The zero-order chi connectivity index (χ0) is 19.5. The molecule has 0 spiro atoms. The third kappa shape index (κ3) is 4.17. The van der Waals surface area contributed by atoms with Crippen LogP contribution in [0, 0.1) is 6.92 Å². The fourth-order valence-electron chi connectivity index (χ4n) is 3.22. The zero-order valence-electron chi connectivity index (χ0n) is 15.3. The van der Waals surface area contributed by atoms with Gasteiger partial charge in [0.2, 0.25) is 11.0 Å². The van der Waals surface area contributed by atoms with Crippen LogP contribution < -0.4 is 11.0 Å². The zero-order valence-corrected chi connectivity index (χ0v) is 16.9. The Morgan fingerprint density at radius 3 is 2.96 bits per heavy atom. The summed E-state index contributed by atoms with van der Waals surface area (Å²) in [6, 6.07) is 3.66. The maximum atomic E-state index is 12.7. The molecule has 0 aromatic carbocycles. The second-order valence-electron chi connectivity index (χ2n) is 6.46. The molecule has 4 rings (SSSR count). The van der Waals surface area contributed by atoms with Crippen LogP contribution in [-0.2, 0) is 24.2 Å². The normalized spacial score (nSPS) is 13.3. The van der Waals surface area contributed by atoms with Gasteiger partial charge >= 0.3 is 5.69 Å². The van der Waals surface area contributed by atoms with Crippen molar-refractivity contribution < 1.29 is 9.21 Å². The Bertz CT molecular complexity index is 1040. The number of thioether (sulfide) groups is 1. The van der Waals surface area contributed by atoms with Gasteiger partial charge in [-0.25, -0.2) is 4.79 Å². The highest BCUT2D eigenvalue weighted by Crippen LogP contribution is 2.29. The summed E-state index contributed by atoms with van der Waals surface area (Å²) in [4.78, 5) is 29.1. The largest absolute Gasteiger partial charge is 0.467 e. The topological polar surface area (TPSA) is 103 Å². The van der Waals surface area contributed by atoms with Crippen LogP contribution in [0.4, 0.5) is 5.13 Å². The summed E-state index contributed by atoms with van der Waals surface area (Å²) >= 11 is 2.62. The summed E-state index contributed by atoms with van der Waals surface area (Å²) in [6.07, 6.45) is 5.38. The third-order valence-electron chi connectivity index (χ3n) is 4.46. The van der Waals surface area contributed by atoms with Gasteiger partial charge in [0.25, 0.3) is 0 Å². The van der Waals surface area contributed by atoms with Crippen molar-refractivity contribution in [2.75, 3.05) is 11.1 Å². The van der Waals surface area contributed by atoms with Gasteiger partial charge in [0.05, 0.1) is 18.6 Å². The number of amides is 1. The lowest BCUT2D eigenvalue weighted by molar-refractivity contribution is -0.113. The highest BCUT2D eigenvalue weighted by Gasteiger charge is 2.21. The van der Waals surface area contributed by atoms with Gasteiger partial charge in [-0.1, -0.05) is 23.1 Å². The predicted octanol–water partition coefficient (Wildman–Crippen LogP) is 2.65. The molecule has 0 aliphatic heterocycles. The van der Waals surface area contributed by atoms with E-state index in [-0.39, 0.29) is 17.3 Å². The summed E-state index contributed by atoms with van der Waals surface area (Å²) < 4.78 is 7.09. The van der Waals surface area contributed by atoms with Crippen molar-refractivity contribution in [3.8, 4) is 0 Å². The van der Waals surface area contributed by atoms with Crippen molar-refractivity contribution in [2.24, 2.45) is 0 Å². The van der Waals surface area contributed by atoms with E-state index in [0.717, 1.165) is 47.7 Å². The molecular weight excluding hydrogens is 398 g/mol. The number of aryl methyl sites for hydroxylation is 1. The van der Waals surface area contributed by atoms with Gasteiger partial charge in [-0.05, 0) is 44.7 Å². The first-order valence-corrected chi connectivity index (χ1v) is 10.8. The van der Waals surface area contributed by atoms with E-state index in [9.17, 15) is 9.59 Å². The number of carbonyl (C=O) groups excluding carboxylic acids is 1. The number of anilines is 1. The molecule has 1 aliphatic rings. The predicted molar refractivity (Wildman–Crippen MR) is 107 cm³/mol. The Hall–Kier alpha value is -2.46. The molecule has 146 valence electrons. The monoisotopic (exact) mass is 417 g/mol. The summed E-state index contributed by atoms with van der Waals surface area (Å²) in [5, 5.41) is 12.4. The van der Waals surface area contributed by atoms with E-state index in [1.807, 2.05) is 19.1 Å². The van der Waals surface area contributed by atoms with Crippen molar-refractivity contribution in [2.45, 2.75) is 44.2 Å². The van der Waals surface area contributed by atoms with Crippen LogP contribution in [0.3, 0.4) is 0 Å². The minimum absolute atomic E-state index is 0.166. The number of furan rings is 1. The van der Waals surface area contributed by atoms with Crippen LogP contribution in [0.15, 0.2) is 32.6 Å². The standard InChI is InChI=1S/C18H19N5O3S2/c1-11-21-22-17(28-11)19-15(24)10-27-16-13-6-2-3-7-14(13)23(18(25)20-16)9-12-5-4-8-26-12/h4-5,8H,2-3,6-7,9-10H2,1H3,(H,19,22,24). The second-order valence-corrected chi connectivity index (χ2v) is 8.61. The van der Waals surface area contributed by atoms with E-state index in [2.05, 4.69) is 20.5 Å². The van der Waals surface area contributed by atoms with Crippen LogP contribution in [0.5, 0.6) is 0 Å². The first-order valence-electron chi connectivity index (χ1n) is 8.98. The summed E-state index contributed by atoms with van der Waals surface area (Å²) in [5.74, 6) is 0.704. The first-order chi connectivity index (χ1) is 13.6. The molecule has 0 atom stereocenters. The van der Waals surface area contributed by atoms with E-state index in [0.29, 0.717) is 16.7 Å². The van der Waals surface area contributed by atoms with Crippen LogP contribution in [-0.4, -0.2) is 31.4 Å². The van der Waals surface area contributed by atoms with Gasteiger partial charge in [0.1, 0.15) is 15.8 Å². The van der Waals surface area contributed by atoms with E-state index in [4.69, 9.17) is 4.42 Å². The van der Waals surface area contributed by atoms with Crippen molar-refractivity contribution in [3.05, 3.63) is 50.9 Å². The first kappa shape index (κ1) is 18.9. The Labute approximate surface area is 169 Å². The van der Waals surface area contributed by atoms with Gasteiger partial charge in [-0.2, -0.15) is 4.98 Å². The third-order valence-corrected chi connectivity index (χ3v) is 6.23. The van der Waals surface area contributed by atoms with E-state index < -0.39 is 0 Å². The van der Waals surface area contributed by atoms with Gasteiger partial charge in [-0.3, -0.25) is 14.7 Å². The average Bonchev–Trinajstić information content (AvgIpc) is 3.34. The maximum Gasteiger partial charge on any atom is 0.349 e. The van der Waals surface area contributed by atoms with Crippen LogP contribution in [0.25, 0.3) is 0 Å². The highest BCUT2D eigenvalue weighted by molar-refractivity contribution is 8.00. The van der Waals surface area contributed by atoms with E-state index in [1.165, 1.54) is 23.1 Å². The molecule has 10 heteroatoms. The molecule has 0 fully saturated rings. The number of carbonyl (C=O) groups is 1. The molecule has 3 aromatic rings. The van der Waals surface area contributed by atoms with Crippen LogP contribution >= 0.6 is 23.1 Å². The number of hydrogen-bond donors (Lipinski definition) is 1. The van der Waals surface area contributed by atoms with Crippen molar-refractivity contribution in [3.63, 3.8) is 0 Å². The minimum Gasteiger partial charge on any atom is -0.467 e. The lowest BCUT2D eigenvalue weighted by Crippen LogP contribution is -2.30.